The number of aromatic nitrogens is 2. The molecule has 0 spiro atoms. The molecular weight excluding hydrogens is 556 g/mol. The number of hydrogen-bond donors (Lipinski definition) is 2. The highest BCUT2D eigenvalue weighted by atomic mass is 35.5. The number of thioether (sulfide) groups is 1. The number of nitrogens with zero attached hydrogens (tertiary/aromatic N) is 4. The SMILES string of the molecule is COc1ccccc1C1C(C#N)=C(N)N(c2nnc(SCC(=O)Nc3ccccc3Cl)s2)C2=C1C(=O)CCC2. The summed E-state index contributed by atoms with van der Waals surface area (Å²) in [6.45, 7) is 0. The van der Waals surface area contributed by atoms with Crippen molar-refractivity contribution in [2.75, 3.05) is 23.1 Å². The minimum atomic E-state index is -0.638. The fraction of sp³-hybridized carbons (Fsp3) is 0.222. The predicted molar refractivity (Wildman–Crippen MR) is 152 cm³/mol. The highest BCUT2D eigenvalue weighted by Gasteiger charge is 2.42. The van der Waals surface area contributed by atoms with Crippen LogP contribution >= 0.6 is 34.7 Å². The minimum absolute atomic E-state index is 0.0345. The van der Waals surface area contributed by atoms with Crippen LogP contribution in [0.4, 0.5) is 10.8 Å². The third-order valence-corrected chi connectivity index (χ3v) is 8.80. The molecule has 0 radical (unpaired) electrons. The molecular formula is C27H23ClN6O3S2. The van der Waals surface area contributed by atoms with Gasteiger partial charge < -0.3 is 15.8 Å². The molecule has 0 bridgehead atoms. The lowest BCUT2D eigenvalue weighted by Crippen LogP contribution is -2.38. The van der Waals surface area contributed by atoms with Crippen LogP contribution in [0.3, 0.4) is 0 Å². The molecule has 1 aliphatic carbocycles. The lowest BCUT2D eigenvalue weighted by molar-refractivity contribution is -0.116. The third-order valence-electron chi connectivity index (χ3n) is 6.42. The van der Waals surface area contributed by atoms with Gasteiger partial charge in [-0.1, -0.05) is 65.0 Å². The average molecular weight is 579 g/mol. The van der Waals surface area contributed by atoms with E-state index in [0.717, 1.165) is 0 Å². The van der Waals surface area contributed by atoms with Crippen molar-refractivity contribution in [2.45, 2.75) is 29.5 Å². The summed E-state index contributed by atoms with van der Waals surface area (Å²) in [7, 11) is 1.56. The van der Waals surface area contributed by atoms with Gasteiger partial charge in [0.15, 0.2) is 10.1 Å². The molecule has 1 aliphatic heterocycles. The number of hydrogen-bond acceptors (Lipinski definition) is 10. The Morgan fingerprint density at radius 1 is 1.26 bits per heavy atom. The van der Waals surface area contributed by atoms with E-state index in [-0.39, 0.29) is 28.8 Å². The first-order chi connectivity index (χ1) is 18.9. The van der Waals surface area contributed by atoms with E-state index in [1.54, 1.807) is 42.3 Å². The van der Waals surface area contributed by atoms with Crippen LogP contribution in [-0.4, -0.2) is 34.8 Å². The van der Waals surface area contributed by atoms with Gasteiger partial charge in [-0.25, -0.2) is 0 Å². The summed E-state index contributed by atoms with van der Waals surface area (Å²) < 4.78 is 6.11. The number of rotatable bonds is 7. The van der Waals surface area contributed by atoms with Crippen LogP contribution in [0.25, 0.3) is 0 Å². The Hall–Kier alpha value is -3.85. The van der Waals surface area contributed by atoms with E-state index < -0.39 is 5.92 Å². The molecule has 0 saturated carbocycles. The number of halogens is 1. The smallest absolute Gasteiger partial charge is 0.234 e. The van der Waals surface area contributed by atoms with E-state index >= 15 is 0 Å². The number of nitrogens with two attached hydrogens (primary N) is 1. The Bertz CT molecular complexity index is 1560. The number of ether oxygens (including phenoxy) is 1. The fourth-order valence-corrected chi connectivity index (χ4v) is 6.61. The number of benzene rings is 2. The van der Waals surface area contributed by atoms with E-state index in [2.05, 4.69) is 21.6 Å². The van der Waals surface area contributed by atoms with Crippen molar-refractivity contribution in [1.29, 1.82) is 5.26 Å². The molecule has 3 N–H and O–H groups in total. The van der Waals surface area contributed by atoms with E-state index in [9.17, 15) is 14.9 Å². The lowest BCUT2D eigenvalue weighted by atomic mass is 9.75. The number of Topliss-reactive ketones (excluding diaryl/α,β-unsaturated/α-hetero) is 1. The first-order valence-corrected chi connectivity index (χ1v) is 14.2. The molecule has 1 amide bonds. The van der Waals surface area contributed by atoms with E-state index in [1.165, 1.54) is 23.1 Å². The summed E-state index contributed by atoms with van der Waals surface area (Å²) in [6, 6.07) is 16.6. The molecule has 198 valence electrons. The molecule has 9 nitrogen and oxygen atoms in total. The van der Waals surface area contributed by atoms with Gasteiger partial charge in [0.2, 0.25) is 11.0 Å². The normalized spacial score (nSPS) is 17.1. The number of nitriles is 1. The number of methoxy groups -OCH3 is 1. The fourth-order valence-electron chi connectivity index (χ4n) is 4.75. The Morgan fingerprint density at radius 3 is 2.79 bits per heavy atom. The average Bonchev–Trinajstić information content (AvgIpc) is 3.41. The van der Waals surface area contributed by atoms with Gasteiger partial charge >= 0.3 is 0 Å². The summed E-state index contributed by atoms with van der Waals surface area (Å²) in [4.78, 5) is 27.5. The van der Waals surface area contributed by atoms with Gasteiger partial charge in [0.05, 0.1) is 41.1 Å². The molecule has 2 aromatic carbocycles. The van der Waals surface area contributed by atoms with Crippen molar-refractivity contribution in [2.24, 2.45) is 5.73 Å². The number of carbonyl (C=O) groups excluding carboxylic acids is 2. The van der Waals surface area contributed by atoms with Gasteiger partial charge in [0, 0.05) is 23.3 Å². The zero-order valence-corrected chi connectivity index (χ0v) is 23.2. The molecule has 5 rings (SSSR count). The van der Waals surface area contributed by atoms with Gasteiger partial charge in [-0.05, 0) is 31.0 Å². The lowest BCUT2D eigenvalue weighted by Gasteiger charge is -2.38. The quantitative estimate of drug-likeness (QED) is 0.361. The first-order valence-electron chi connectivity index (χ1n) is 12.0. The minimum Gasteiger partial charge on any atom is -0.496 e. The Labute approximate surface area is 238 Å². The second-order valence-electron chi connectivity index (χ2n) is 8.73. The summed E-state index contributed by atoms with van der Waals surface area (Å²) in [5.41, 5.74) is 9.35. The molecule has 0 fully saturated rings. The Kier molecular flexibility index (Phi) is 7.88. The zero-order valence-electron chi connectivity index (χ0n) is 20.8. The monoisotopic (exact) mass is 578 g/mol. The predicted octanol–water partition coefficient (Wildman–Crippen LogP) is 5.24. The van der Waals surface area contributed by atoms with Gasteiger partial charge in [0.1, 0.15) is 11.6 Å². The summed E-state index contributed by atoms with van der Waals surface area (Å²) in [5.74, 6) is -0.0427. The molecule has 1 aromatic heterocycles. The van der Waals surface area contributed by atoms with Crippen LogP contribution < -0.4 is 20.7 Å². The highest BCUT2D eigenvalue weighted by Crippen LogP contribution is 2.48. The largest absolute Gasteiger partial charge is 0.496 e. The van der Waals surface area contributed by atoms with E-state index in [0.29, 0.717) is 62.0 Å². The number of ketones is 1. The molecule has 2 aliphatic rings. The summed E-state index contributed by atoms with van der Waals surface area (Å²) in [5, 5.41) is 22.4. The van der Waals surface area contributed by atoms with Crippen LogP contribution in [-0.2, 0) is 9.59 Å². The number of nitrogens with one attached hydrogen (secondary N) is 1. The number of carbonyl (C=O) groups is 2. The van der Waals surface area contributed by atoms with Crippen LogP contribution in [0.5, 0.6) is 5.75 Å². The molecule has 2 heterocycles. The van der Waals surface area contributed by atoms with E-state index in [1.807, 2.05) is 18.2 Å². The summed E-state index contributed by atoms with van der Waals surface area (Å²) >= 11 is 8.58. The van der Waals surface area contributed by atoms with Crippen molar-refractivity contribution in [3.8, 4) is 11.8 Å². The van der Waals surface area contributed by atoms with Gasteiger partial charge in [-0.15, -0.1) is 10.2 Å². The highest BCUT2D eigenvalue weighted by molar-refractivity contribution is 8.01. The third kappa shape index (κ3) is 5.23. The van der Waals surface area contributed by atoms with Crippen LogP contribution in [0.1, 0.15) is 30.7 Å². The number of allylic oxidation sites excluding steroid dienone is 3. The number of anilines is 2. The van der Waals surface area contributed by atoms with Crippen molar-refractivity contribution < 1.29 is 14.3 Å². The standard InChI is InChI=1S/C27H23ClN6O3S2/c1-37-21-12-5-2-7-15(21)23-16(13-29)25(30)34(19-10-6-11-20(35)24(19)23)26-32-33-27(39-26)38-14-22(36)31-18-9-4-3-8-17(18)28/h2-5,7-9,12,23H,6,10-11,14,30H2,1H3,(H,31,36). The molecule has 12 heteroatoms. The zero-order chi connectivity index (χ0) is 27.5. The second-order valence-corrected chi connectivity index (χ2v) is 11.3. The maximum absolute atomic E-state index is 13.3. The van der Waals surface area contributed by atoms with Gasteiger partial charge in [0.25, 0.3) is 0 Å². The topological polar surface area (TPSA) is 134 Å². The summed E-state index contributed by atoms with van der Waals surface area (Å²) in [6.07, 6.45) is 1.63. The molecule has 1 atom stereocenters. The number of para-hydroxylation sites is 2. The van der Waals surface area contributed by atoms with Crippen LogP contribution in [0.15, 0.2) is 75.5 Å². The second kappa shape index (κ2) is 11.5. The van der Waals surface area contributed by atoms with E-state index in [4.69, 9.17) is 22.1 Å². The van der Waals surface area contributed by atoms with Crippen LogP contribution in [0, 0.1) is 11.3 Å². The number of amides is 1. The van der Waals surface area contributed by atoms with Gasteiger partial charge in [-0.3, -0.25) is 14.5 Å². The molecule has 1 unspecified atom stereocenters. The first kappa shape index (κ1) is 26.7. The Balaban J connectivity index is 1.45. The molecule has 0 saturated heterocycles. The Morgan fingerprint density at radius 2 is 2.03 bits per heavy atom. The van der Waals surface area contributed by atoms with Gasteiger partial charge in [-0.2, -0.15) is 5.26 Å². The maximum Gasteiger partial charge on any atom is 0.234 e. The maximum atomic E-state index is 13.3. The van der Waals surface area contributed by atoms with Crippen LogP contribution in [0.2, 0.25) is 5.02 Å². The molecule has 39 heavy (non-hydrogen) atoms. The molecule has 3 aromatic rings. The van der Waals surface area contributed by atoms with Crippen molar-refractivity contribution >= 4 is 57.2 Å². The van der Waals surface area contributed by atoms with Crippen molar-refractivity contribution in [1.82, 2.24) is 10.2 Å². The van der Waals surface area contributed by atoms with Crippen molar-refractivity contribution in [3.63, 3.8) is 0 Å². The van der Waals surface area contributed by atoms with Crippen molar-refractivity contribution in [3.05, 3.63) is 81.8 Å².